The van der Waals surface area contributed by atoms with E-state index in [4.69, 9.17) is 16.0 Å². The van der Waals surface area contributed by atoms with Gasteiger partial charge in [-0.1, -0.05) is 11.6 Å². The Labute approximate surface area is 130 Å². The number of nitrogens with one attached hydrogen (secondary N) is 1. The number of hydrogen-bond donors (Lipinski definition) is 1. The predicted octanol–water partition coefficient (Wildman–Crippen LogP) is 3.18. The van der Waals surface area contributed by atoms with Crippen molar-refractivity contribution in [2.24, 2.45) is 0 Å². The van der Waals surface area contributed by atoms with E-state index in [2.05, 4.69) is 15.2 Å². The van der Waals surface area contributed by atoms with E-state index in [0.29, 0.717) is 6.04 Å². The number of oxazole rings is 1. The molecule has 1 N–H and O–H groups in total. The lowest BCUT2D eigenvalue weighted by Gasteiger charge is -2.22. The van der Waals surface area contributed by atoms with Crippen LogP contribution in [0, 0.1) is 0 Å². The summed E-state index contributed by atoms with van der Waals surface area (Å²) < 4.78 is 5.88. The van der Waals surface area contributed by atoms with Gasteiger partial charge in [-0.05, 0) is 50.7 Å². The van der Waals surface area contributed by atoms with Gasteiger partial charge in [0.1, 0.15) is 0 Å². The molecule has 112 valence electrons. The molecule has 21 heavy (non-hydrogen) atoms. The minimum absolute atomic E-state index is 0.584. The number of nitrogens with zero attached hydrogens (tertiary/aromatic N) is 2. The maximum Gasteiger partial charge on any atom is 0.209 e. The molecule has 0 radical (unpaired) electrons. The molecule has 1 saturated heterocycles. The Balaban J connectivity index is 1.69. The fourth-order valence-electron chi connectivity index (χ4n) is 2.87. The van der Waals surface area contributed by atoms with Crippen LogP contribution in [0.2, 0.25) is 5.02 Å². The van der Waals surface area contributed by atoms with Gasteiger partial charge in [-0.2, -0.15) is 0 Å². The first kappa shape index (κ1) is 14.6. The third-order valence-electron chi connectivity index (χ3n) is 3.96. The second-order valence-electron chi connectivity index (χ2n) is 5.45. The van der Waals surface area contributed by atoms with Crippen LogP contribution in [0.1, 0.15) is 18.7 Å². The molecule has 0 saturated carbocycles. The van der Waals surface area contributed by atoms with Crippen molar-refractivity contribution in [3.8, 4) is 11.3 Å². The molecule has 1 atom stereocenters. The smallest absolute Gasteiger partial charge is 0.209 e. The second kappa shape index (κ2) is 6.60. The Hall–Kier alpha value is -1.36. The largest absolute Gasteiger partial charge is 0.439 e. The van der Waals surface area contributed by atoms with Crippen LogP contribution in [0.3, 0.4) is 0 Å². The highest BCUT2D eigenvalue weighted by molar-refractivity contribution is 6.30. The third-order valence-corrected chi connectivity index (χ3v) is 4.21. The summed E-state index contributed by atoms with van der Waals surface area (Å²) in [5, 5.41) is 3.98. The zero-order valence-electron chi connectivity index (χ0n) is 12.2. The third kappa shape index (κ3) is 3.46. The van der Waals surface area contributed by atoms with Gasteiger partial charge in [0.15, 0.2) is 5.76 Å². The number of rotatable bonds is 5. The van der Waals surface area contributed by atoms with Gasteiger partial charge in [0.2, 0.25) is 5.89 Å². The van der Waals surface area contributed by atoms with E-state index >= 15 is 0 Å². The van der Waals surface area contributed by atoms with Gasteiger partial charge in [0.25, 0.3) is 0 Å². The van der Waals surface area contributed by atoms with Gasteiger partial charge < -0.3 is 9.73 Å². The van der Waals surface area contributed by atoms with Crippen LogP contribution in [0.15, 0.2) is 34.9 Å². The molecule has 5 heteroatoms. The fourth-order valence-corrected chi connectivity index (χ4v) is 3.00. The maximum atomic E-state index is 5.90. The molecule has 1 aromatic heterocycles. The molecule has 0 spiro atoms. The van der Waals surface area contributed by atoms with Gasteiger partial charge in [0.05, 0.1) is 12.7 Å². The molecule has 2 aromatic rings. The van der Waals surface area contributed by atoms with Crippen LogP contribution in [0.5, 0.6) is 0 Å². The van der Waals surface area contributed by atoms with E-state index in [1.165, 1.54) is 12.8 Å². The van der Waals surface area contributed by atoms with Gasteiger partial charge in [0, 0.05) is 23.2 Å². The second-order valence-corrected chi connectivity index (χ2v) is 5.89. The number of likely N-dealkylation sites (N-methyl/N-ethyl adjacent to an activating group) is 1. The quantitative estimate of drug-likeness (QED) is 0.921. The first-order chi connectivity index (χ1) is 10.3. The maximum absolute atomic E-state index is 5.90. The molecule has 3 rings (SSSR count). The first-order valence-corrected chi connectivity index (χ1v) is 7.73. The van der Waals surface area contributed by atoms with Crippen molar-refractivity contribution in [3.63, 3.8) is 0 Å². The average Bonchev–Trinajstić information content (AvgIpc) is 3.11. The predicted molar refractivity (Wildman–Crippen MR) is 84.3 cm³/mol. The van der Waals surface area contributed by atoms with Crippen LogP contribution in [0.25, 0.3) is 11.3 Å². The standard InChI is InChI=1S/C16H20ClN3O/c1-18-9-14-3-2-8-20(14)11-16-19-10-15(21-16)12-4-6-13(17)7-5-12/h4-7,10,14,18H,2-3,8-9,11H2,1H3. The van der Waals surface area contributed by atoms with Gasteiger partial charge >= 0.3 is 0 Å². The lowest BCUT2D eigenvalue weighted by molar-refractivity contribution is 0.220. The Morgan fingerprint density at radius 3 is 2.95 bits per heavy atom. The van der Waals surface area contributed by atoms with Crippen molar-refractivity contribution in [1.82, 2.24) is 15.2 Å². The van der Waals surface area contributed by atoms with Crippen LogP contribution < -0.4 is 5.32 Å². The molecule has 1 unspecified atom stereocenters. The van der Waals surface area contributed by atoms with E-state index < -0.39 is 0 Å². The van der Waals surface area contributed by atoms with Crippen molar-refractivity contribution in [2.45, 2.75) is 25.4 Å². The summed E-state index contributed by atoms with van der Waals surface area (Å²) in [7, 11) is 2.00. The Morgan fingerprint density at radius 1 is 1.38 bits per heavy atom. The number of benzene rings is 1. The lowest BCUT2D eigenvalue weighted by atomic mass is 10.2. The van der Waals surface area contributed by atoms with Crippen molar-refractivity contribution in [3.05, 3.63) is 41.4 Å². The topological polar surface area (TPSA) is 41.3 Å². The summed E-state index contributed by atoms with van der Waals surface area (Å²) in [5.41, 5.74) is 1.01. The summed E-state index contributed by atoms with van der Waals surface area (Å²) in [6.45, 7) is 2.91. The van der Waals surface area contributed by atoms with E-state index in [1.807, 2.05) is 31.3 Å². The SMILES string of the molecule is CNCC1CCCN1Cc1ncc(-c2ccc(Cl)cc2)o1. The fraction of sp³-hybridized carbons (Fsp3) is 0.438. The number of hydrogen-bond acceptors (Lipinski definition) is 4. The zero-order valence-corrected chi connectivity index (χ0v) is 12.9. The van der Waals surface area contributed by atoms with Crippen LogP contribution in [-0.2, 0) is 6.54 Å². The summed E-state index contributed by atoms with van der Waals surface area (Å²) >= 11 is 5.90. The highest BCUT2D eigenvalue weighted by atomic mass is 35.5. The minimum atomic E-state index is 0.584. The summed E-state index contributed by atoms with van der Waals surface area (Å²) in [4.78, 5) is 6.85. The molecule has 0 aliphatic carbocycles. The van der Waals surface area contributed by atoms with E-state index in [0.717, 1.165) is 41.9 Å². The molecule has 1 aliphatic rings. The average molecular weight is 306 g/mol. The molecular weight excluding hydrogens is 286 g/mol. The van der Waals surface area contributed by atoms with Crippen LogP contribution in [0.4, 0.5) is 0 Å². The normalized spacial score (nSPS) is 19.2. The summed E-state index contributed by atoms with van der Waals surface area (Å²) in [6.07, 6.45) is 4.28. The lowest BCUT2D eigenvalue weighted by Crippen LogP contribution is -2.36. The van der Waals surface area contributed by atoms with E-state index in [-0.39, 0.29) is 0 Å². The summed E-state index contributed by atoms with van der Waals surface area (Å²) in [6, 6.07) is 8.21. The van der Waals surface area contributed by atoms with Crippen molar-refractivity contribution >= 4 is 11.6 Å². The minimum Gasteiger partial charge on any atom is -0.439 e. The molecule has 1 aromatic carbocycles. The molecule has 1 aliphatic heterocycles. The van der Waals surface area contributed by atoms with E-state index in [9.17, 15) is 0 Å². The molecule has 4 nitrogen and oxygen atoms in total. The highest BCUT2D eigenvalue weighted by Crippen LogP contribution is 2.24. The van der Waals surface area contributed by atoms with Crippen molar-refractivity contribution < 1.29 is 4.42 Å². The Morgan fingerprint density at radius 2 is 2.19 bits per heavy atom. The molecule has 0 amide bonds. The van der Waals surface area contributed by atoms with Crippen molar-refractivity contribution in [2.75, 3.05) is 20.1 Å². The number of halogens is 1. The number of aromatic nitrogens is 1. The summed E-state index contributed by atoms with van der Waals surface area (Å²) in [5.74, 6) is 1.58. The van der Waals surface area contributed by atoms with E-state index in [1.54, 1.807) is 6.20 Å². The van der Waals surface area contributed by atoms with Crippen molar-refractivity contribution in [1.29, 1.82) is 0 Å². The molecule has 1 fully saturated rings. The van der Waals surface area contributed by atoms with Gasteiger partial charge in [-0.25, -0.2) is 4.98 Å². The number of likely N-dealkylation sites (tertiary alicyclic amines) is 1. The van der Waals surface area contributed by atoms with Crippen LogP contribution in [-0.4, -0.2) is 36.1 Å². The monoisotopic (exact) mass is 305 g/mol. The molecule has 2 heterocycles. The molecule has 0 bridgehead atoms. The molecular formula is C16H20ClN3O. The van der Waals surface area contributed by atoms with Gasteiger partial charge in [-0.3, -0.25) is 4.90 Å². The van der Waals surface area contributed by atoms with Crippen LogP contribution >= 0.6 is 11.6 Å². The zero-order chi connectivity index (χ0) is 14.7. The Kier molecular flexibility index (Phi) is 4.58. The Bertz CT molecular complexity index is 581. The highest BCUT2D eigenvalue weighted by Gasteiger charge is 2.25. The first-order valence-electron chi connectivity index (χ1n) is 7.35. The van der Waals surface area contributed by atoms with Gasteiger partial charge in [-0.15, -0.1) is 0 Å².